The number of rotatable bonds is 7. The third-order valence-electron chi connectivity index (χ3n) is 10.9. The highest BCUT2D eigenvalue weighted by Crippen LogP contribution is 2.40. The molecule has 7 heterocycles. The maximum atomic E-state index is 13.8. The summed E-state index contributed by atoms with van der Waals surface area (Å²) >= 11 is 0. The van der Waals surface area contributed by atoms with E-state index in [-0.39, 0.29) is 36.1 Å². The number of amides is 3. The molecule has 12 nitrogen and oxygen atoms in total. The molecule has 4 aromatic rings. The molecule has 3 amide bonds. The fourth-order valence-corrected chi connectivity index (χ4v) is 7.98. The largest absolute Gasteiger partial charge is 0.482 e. The summed E-state index contributed by atoms with van der Waals surface area (Å²) in [6.45, 7) is 8.10. The number of aromatic nitrogens is 4. The second-order valence-corrected chi connectivity index (χ2v) is 14.1. The normalized spacial score (nSPS) is 23.6. The van der Waals surface area contributed by atoms with Gasteiger partial charge < -0.3 is 35.1 Å². The van der Waals surface area contributed by atoms with Crippen LogP contribution in [0.5, 0.6) is 5.88 Å². The Bertz CT molecular complexity index is 1870. The van der Waals surface area contributed by atoms with Crippen molar-refractivity contribution in [1.82, 2.24) is 39.0 Å². The maximum absolute atomic E-state index is 13.8. The van der Waals surface area contributed by atoms with E-state index in [1.54, 1.807) is 7.11 Å². The van der Waals surface area contributed by atoms with Gasteiger partial charge in [0, 0.05) is 67.9 Å². The minimum Gasteiger partial charge on any atom is -0.482 e. The van der Waals surface area contributed by atoms with Gasteiger partial charge in [-0.05, 0) is 83.2 Å². The Kier molecular flexibility index (Phi) is 7.40. The number of aryl methyl sites for hydroxylation is 1. The molecule has 0 aromatic carbocycles. The maximum Gasteiger partial charge on any atom is 0.318 e. The van der Waals surface area contributed by atoms with Crippen molar-refractivity contribution in [3.05, 3.63) is 47.3 Å². The van der Waals surface area contributed by atoms with Crippen molar-refractivity contribution < 1.29 is 14.3 Å². The Morgan fingerprint density at radius 1 is 1.06 bits per heavy atom. The molecule has 0 radical (unpaired) electrons. The van der Waals surface area contributed by atoms with E-state index < -0.39 is 0 Å². The molecule has 3 aliphatic heterocycles. The molecule has 8 rings (SSSR count). The van der Waals surface area contributed by atoms with E-state index in [0.717, 1.165) is 85.8 Å². The summed E-state index contributed by atoms with van der Waals surface area (Å²) in [6, 6.07) is 10.1. The van der Waals surface area contributed by atoms with Crippen LogP contribution in [0.3, 0.4) is 0 Å². The third kappa shape index (κ3) is 5.22. The highest BCUT2D eigenvalue weighted by Gasteiger charge is 2.47. The minimum atomic E-state index is -0.239. The average Bonchev–Trinajstić information content (AvgIpc) is 3.38. The number of carbonyl (C=O) groups excluding carboxylic acids is 2. The number of methoxy groups -OCH3 is 1. The average molecular weight is 640 g/mol. The number of hydrogen-bond donors (Lipinski definition) is 2. The number of carbonyl (C=O) groups is 2. The van der Waals surface area contributed by atoms with Crippen molar-refractivity contribution in [2.75, 3.05) is 40.3 Å². The van der Waals surface area contributed by atoms with Crippen LogP contribution in [0.25, 0.3) is 28.1 Å². The number of nitrogens with two attached hydrogens (primary N) is 1. The molecule has 47 heavy (non-hydrogen) atoms. The first-order valence-electron chi connectivity index (χ1n) is 17.1. The van der Waals surface area contributed by atoms with Crippen LogP contribution < -0.4 is 15.8 Å². The summed E-state index contributed by atoms with van der Waals surface area (Å²) in [5, 5.41) is 4.20. The Hall–Kier alpha value is -4.16. The molecule has 4 aromatic heterocycles. The van der Waals surface area contributed by atoms with Crippen LogP contribution in [0.15, 0.2) is 30.3 Å². The monoisotopic (exact) mass is 639 g/mol. The van der Waals surface area contributed by atoms with Crippen LogP contribution >= 0.6 is 0 Å². The minimum absolute atomic E-state index is 0.00173. The highest BCUT2D eigenvalue weighted by molar-refractivity contribution is 5.97. The molecule has 3 saturated heterocycles. The number of urea groups is 1. The predicted molar refractivity (Wildman–Crippen MR) is 180 cm³/mol. The van der Waals surface area contributed by atoms with Gasteiger partial charge in [-0.3, -0.25) is 9.20 Å². The Labute approximate surface area is 274 Å². The van der Waals surface area contributed by atoms with Crippen molar-refractivity contribution in [1.29, 1.82) is 0 Å². The van der Waals surface area contributed by atoms with Crippen molar-refractivity contribution in [3.63, 3.8) is 0 Å². The van der Waals surface area contributed by atoms with Crippen LogP contribution in [0, 0.1) is 12.8 Å². The molecule has 12 heteroatoms. The van der Waals surface area contributed by atoms with E-state index in [9.17, 15) is 9.59 Å². The van der Waals surface area contributed by atoms with Gasteiger partial charge >= 0.3 is 6.03 Å². The molecule has 248 valence electrons. The number of nitrogens with zero attached hydrogens (tertiary/aromatic N) is 7. The van der Waals surface area contributed by atoms with Gasteiger partial charge in [-0.25, -0.2) is 14.8 Å². The predicted octanol–water partition coefficient (Wildman–Crippen LogP) is 3.80. The van der Waals surface area contributed by atoms with E-state index in [1.165, 1.54) is 12.8 Å². The summed E-state index contributed by atoms with van der Waals surface area (Å²) in [5.74, 6) is 1.18. The van der Waals surface area contributed by atoms with Crippen LogP contribution in [-0.2, 0) is 6.54 Å². The van der Waals surface area contributed by atoms with Gasteiger partial charge in [-0.15, -0.1) is 0 Å². The molecule has 3 N–H and O–H groups in total. The number of pyridine rings is 2. The van der Waals surface area contributed by atoms with Crippen LogP contribution in [-0.4, -0.2) is 104 Å². The number of likely N-dealkylation sites (N-methyl/N-ethyl adjacent to an activating group) is 1. The molecule has 1 aliphatic carbocycles. The summed E-state index contributed by atoms with van der Waals surface area (Å²) in [7, 11) is 3.72. The van der Waals surface area contributed by atoms with Gasteiger partial charge in [-0.1, -0.05) is 0 Å². The van der Waals surface area contributed by atoms with Gasteiger partial charge in [0.1, 0.15) is 17.0 Å². The van der Waals surface area contributed by atoms with Crippen molar-refractivity contribution >= 4 is 28.6 Å². The Morgan fingerprint density at radius 3 is 2.53 bits per heavy atom. The van der Waals surface area contributed by atoms with E-state index in [2.05, 4.69) is 34.0 Å². The Morgan fingerprint density at radius 2 is 1.85 bits per heavy atom. The zero-order valence-corrected chi connectivity index (χ0v) is 27.8. The quantitative estimate of drug-likeness (QED) is 0.315. The number of piperazine rings is 1. The standard InChI is InChI=1S/C35H45N9O3/c1-20(37-35(46)41-13-11-40(3)12-14-41)27-9-7-23-15-29(42(33(23)38-27)19-22-5-6-22)32-21(2)43-30(39-32)16-24(17-31(43)47-4)34(45)44-25-8-10-28(44)26(36)18-25/h7,9,15-17,20,22,25-26,28H,5-6,8,10-14,18-19,36H2,1-4H3,(H,37,46)/t20-,25+,26-,28-/m1/s1. The zero-order chi connectivity index (χ0) is 32.6. The van der Waals surface area contributed by atoms with E-state index in [4.69, 9.17) is 20.4 Å². The summed E-state index contributed by atoms with van der Waals surface area (Å²) < 4.78 is 10.1. The number of hydrogen-bond acceptors (Lipinski definition) is 7. The van der Waals surface area contributed by atoms with Crippen LogP contribution in [0.1, 0.15) is 66.8 Å². The lowest BCUT2D eigenvalue weighted by atomic mass is 9.97. The molecule has 2 bridgehead atoms. The summed E-state index contributed by atoms with van der Waals surface area (Å²) in [5.41, 5.74) is 12.1. The molecule has 4 aliphatic rings. The van der Waals surface area contributed by atoms with Crippen LogP contribution in [0.2, 0.25) is 0 Å². The smallest absolute Gasteiger partial charge is 0.318 e. The number of nitrogens with one attached hydrogen (secondary N) is 1. The van der Waals surface area contributed by atoms with Crippen LogP contribution in [0.4, 0.5) is 4.79 Å². The number of fused-ring (bicyclic) bond motifs is 4. The lowest BCUT2D eigenvalue weighted by Gasteiger charge is -2.33. The Balaban J connectivity index is 1.14. The molecule has 1 saturated carbocycles. The molecular weight excluding hydrogens is 594 g/mol. The van der Waals surface area contributed by atoms with Gasteiger partial charge in [-0.2, -0.15) is 0 Å². The van der Waals surface area contributed by atoms with Crippen molar-refractivity contribution in [3.8, 4) is 17.3 Å². The third-order valence-corrected chi connectivity index (χ3v) is 10.9. The van der Waals surface area contributed by atoms with Gasteiger partial charge in [0.2, 0.25) is 0 Å². The fourth-order valence-electron chi connectivity index (χ4n) is 7.98. The highest BCUT2D eigenvalue weighted by atomic mass is 16.5. The topological polar surface area (TPSA) is 126 Å². The lowest BCUT2D eigenvalue weighted by molar-refractivity contribution is 0.0726. The first-order valence-corrected chi connectivity index (χ1v) is 17.1. The number of ether oxygens (including phenoxy) is 1. The van der Waals surface area contributed by atoms with E-state index >= 15 is 0 Å². The SMILES string of the molecule is COc1cc(C(=O)N2[C@H]3CC[C@@H]2[C@H](N)C3)cc2nc(-c3cc4ccc([C@@H](C)NC(=O)N5CCN(C)CC5)nc4n3CC3CC3)c(C)n12. The van der Waals surface area contributed by atoms with Gasteiger partial charge in [0.25, 0.3) is 5.91 Å². The summed E-state index contributed by atoms with van der Waals surface area (Å²) in [4.78, 5) is 43.3. The van der Waals surface area contributed by atoms with E-state index in [1.807, 2.05) is 46.2 Å². The first-order chi connectivity index (χ1) is 22.7. The van der Waals surface area contributed by atoms with E-state index in [0.29, 0.717) is 23.0 Å². The van der Waals surface area contributed by atoms with Crippen molar-refractivity contribution in [2.24, 2.45) is 11.7 Å². The molecule has 0 spiro atoms. The molecule has 4 fully saturated rings. The molecule has 4 atom stereocenters. The second-order valence-electron chi connectivity index (χ2n) is 14.1. The zero-order valence-electron chi connectivity index (χ0n) is 27.8. The van der Waals surface area contributed by atoms with Gasteiger partial charge in [0.15, 0.2) is 5.88 Å². The second kappa shape index (κ2) is 11.5. The molecular formula is C35H45N9O3. The summed E-state index contributed by atoms with van der Waals surface area (Å²) in [6.07, 6.45) is 5.24. The first kappa shape index (κ1) is 30.2. The van der Waals surface area contributed by atoms with Gasteiger partial charge in [0.05, 0.1) is 30.2 Å². The lowest BCUT2D eigenvalue weighted by Crippen LogP contribution is -2.51. The molecule has 0 unspecified atom stereocenters. The number of imidazole rings is 1. The van der Waals surface area contributed by atoms with Crippen molar-refractivity contribution in [2.45, 2.75) is 76.7 Å². The fraction of sp³-hybridized carbons (Fsp3) is 0.543.